The highest BCUT2D eigenvalue weighted by Gasteiger charge is 2.53. The van der Waals surface area contributed by atoms with E-state index >= 15 is 0 Å². The third-order valence-corrected chi connectivity index (χ3v) is 5.08. The van der Waals surface area contributed by atoms with Crippen molar-refractivity contribution in [1.82, 2.24) is 10.2 Å². The van der Waals surface area contributed by atoms with Crippen molar-refractivity contribution < 1.29 is 45.8 Å². The lowest BCUT2D eigenvalue weighted by molar-refractivity contribution is -0.214. The molecular weight excluding hydrogens is 450 g/mol. The van der Waals surface area contributed by atoms with E-state index in [-0.39, 0.29) is 19.5 Å². The monoisotopic (exact) mass is 466 g/mol. The smallest absolute Gasteiger partial charge is 0.433 e. The third kappa shape index (κ3) is 4.82. The highest BCUT2D eigenvalue weighted by molar-refractivity contribution is 5.83. The van der Waals surface area contributed by atoms with E-state index in [2.05, 4.69) is 5.32 Å². The lowest BCUT2D eigenvalue weighted by atomic mass is 10.1. The van der Waals surface area contributed by atoms with Gasteiger partial charge in [0.15, 0.2) is 6.10 Å². The average molecular weight is 466 g/mol. The minimum Gasteiger partial charge on any atom is -0.465 e. The van der Waals surface area contributed by atoms with Gasteiger partial charge in [0.2, 0.25) is 6.23 Å². The summed E-state index contributed by atoms with van der Waals surface area (Å²) < 4.78 is 85.3. The number of amides is 2. The summed E-state index contributed by atoms with van der Waals surface area (Å²) in [6.45, 7) is -0.675. The Labute approximate surface area is 176 Å². The van der Waals surface area contributed by atoms with E-state index in [1.54, 1.807) is 0 Å². The molecule has 174 valence electrons. The molecule has 14 heteroatoms. The summed E-state index contributed by atoms with van der Waals surface area (Å²) in [5.74, 6) is -0.832. The largest absolute Gasteiger partial charge is 0.465 e. The molecule has 2 aliphatic rings. The number of anilines is 1. The summed E-state index contributed by atoms with van der Waals surface area (Å²) in [7, 11) is 0. The van der Waals surface area contributed by atoms with Gasteiger partial charge in [-0.3, -0.25) is 4.79 Å². The minimum absolute atomic E-state index is 0.0727. The molecular formula is C18H16F6N4O4. The molecule has 2 fully saturated rings. The number of nitrogens with one attached hydrogen (secondary N) is 1. The standard InChI is InChI=1S/C18H16F6N4O4/c19-17(20,21)12-5-11(2-1-9(12)6-25)28-8-13(32-15(28)18(22,23)24)14(29)27-4-3-10(7-27)26-16(30)31/h1-2,5,10,13,15,26H,3-4,7-8H2,(H,30,31)/t10?,13-,15+/m0/s1. The first-order valence-electron chi connectivity index (χ1n) is 9.19. The summed E-state index contributed by atoms with van der Waals surface area (Å²) >= 11 is 0. The summed E-state index contributed by atoms with van der Waals surface area (Å²) in [5.41, 5.74) is -2.68. The van der Waals surface area contributed by atoms with Gasteiger partial charge in [0, 0.05) is 18.8 Å². The van der Waals surface area contributed by atoms with Crippen LogP contribution >= 0.6 is 0 Å². The van der Waals surface area contributed by atoms with Gasteiger partial charge in [0.25, 0.3) is 5.91 Å². The Morgan fingerprint density at radius 2 is 1.88 bits per heavy atom. The van der Waals surface area contributed by atoms with Gasteiger partial charge >= 0.3 is 18.4 Å². The van der Waals surface area contributed by atoms with Crippen LogP contribution in [0.1, 0.15) is 17.5 Å². The summed E-state index contributed by atoms with van der Waals surface area (Å²) in [6, 6.07) is 2.83. The fourth-order valence-electron chi connectivity index (χ4n) is 3.68. The maximum atomic E-state index is 13.6. The van der Waals surface area contributed by atoms with E-state index in [0.717, 1.165) is 17.0 Å². The van der Waals surface area contributed by atoms with E-state index < -0.39 is 66.1 Å². The number of ether oxygens (including phenoxy) is 1. The van der Waals surface area contributed by atoms with Gasteiger partial charge < -0.3 is 25.0 Å². The van der Waals surface area contributed by atoms with E-state index in [0.29, 0.717) is 11.0 Å². The van der Waals surface area contributed by atoms with Crippen molar-refractivity contribution >= 4 is 17.7 Å². The zero-order chi connectivity index (χ0) is 23.8. The van der Waals surface area contributed by atoms with Crippen LogP contribution in [0.4, 0.5) is 36.8 Å². The molecule has 0 aliphatic carbocycles. The number of alkyl halides is 6. The van der Waals surface area contributed by atoms with Gasteiger partial charge in [-0.15, -0.1) is 0 Å². The van der Waals surface area contributed by atoms with Crippen molar-refractivity contribution in [1.29, 1.82) is 5.26 Å². The highest BCUT2D eigenvalue weighted by Crippen LogP contribution is 2.39. The minimum atomic E-state index is -5.03. The summed E-state index contributed by atoms with van der Waals surface area (Å²) in [5, 5.41) is 19.8. The average Bonchev–Trinajstić information content (AvgIpc) is 3.33. The number of hydrogen-bond acceptors (Lipinski definition) is 5. The van der Waals surface area contributed by atoms with E-state index in [9.17, 15) is 35.9 Å². The molecule has 8 nitrogen and oxygen atoms in total. The maximum absolute atomic E-state index is 13.6. The molecule has 2 amide bonds. The molecule has 0 saturated carbocycles. The van der Waals surface area contributed by atoms with Crippen LogP contribution in [0.3, 0.4) is 0 Å². The van der Waals surface area contributed by atoms with Crippen molar-refractivity contribution in [2.45, 2.75) is 37.1 Å². The van der Waals surface area contributed by atoms with Gasteiger partial charge in [0.1, 0.15) is 0 Å². The van der Waals surface area contributed by atoms with Crippen LogP contribution in [0.5, 0.6) is 0 Å². The molecule has 2 aliphatic heterocycles. The SMILES string of the molecule is N#Cc1ccc(N2C[C@@H](C(=O)N3CCC(NC(=O)O)C3)O[C@@H]2C(F)(F)F)cc1C(F)(F)F. The van der Waals surface area contributed by atoms with Crippen LogP contribution in [-0.2, 0) is 15.7 Å². The van der Waals surface area contributed by atoms with E-state index in [1.807, 2.05) is 0 Å². The second-order valence-electron chi connectivity index (χ2n) is 7.23. The molecule has 3 atom stereocenters. The van der Waals surface area contributed by atoms with Crippen LogP contribution in [0, 0.1) is 11.3 Å². The first-order chi connectivity index (χ1) is 14.8. The van der Waals surface area contributed by atoms with Crippen molar-refractivity contribution in [3.63, 3.8) is 0 Å². The second kappa shape index (κ2) is 8.38. The van der Waals surface area contributed by atoms with Gasteiger partial charge in [-0.05, 0) is 24.6 Å². The molecule has 0 spiro atoms. The Kier molecular flexibility index (Phi) is 6.14. The second-order valence-corrected chi connectivity index (χ2v) is 7.23. The number of carboxylic acid groups (broad SMARTS) is 1. The molecule has 0 bridgehead atoms. The summed E-state index contributed by atoms with van der Waals surface area (Å²) in [4.78, 5) is 25.0. The molecule has 3 rings (SSSR count). The number of carbonyl (C=O) groups excluding carboxylic acids is 1. The number of benzene rings is 1. The van der Waals surface area contributed by atoms with Gasteiger partial charge in [-0.1, -0.05) is 0 Å². The van der Waals surface area contributed by atoms with Gasteiger partial charge in [-0.2, -0.15) is 31.6 Å². The Morgan fingerprint density at radius 1 is 1.19 bits per heavy atom. The van der Waals surface area contributed by atoms with Crippen molar-refractivity contribution in [3.8, 4) is 6.07 Å². The molecule has 1 aromatic rings. The van der Waals surface area contributed by atoms with Crippen molar-refractivity contribution in [2.75, 3.05) is 24.5 Å². The number of rotatable bonds is 3. The number of likely N-dealkylation sites (tertiary alicyclic amines) is 1. The van der Waals surface area contributed by atoms with Gasteiger partial charge in [-0.25, -0.2) is 4.79 Å². The Morgan fingerprint density at radius 3 is 2.44 bits per heavy atom. The fourth-order valence-corrected chi connectivity index (χ4v) is 3.68. The Hall–Kier alpha value is -3.21. The third-order valence-electron chi connectivity index (χ3n) is 5.08. The van der Waals surface area contributed by atoms with Gasteiger partial charge in [0.05, 0.1) is 29.8 Å². The molecule has 1 aromatic carbocycles. The van der Waals surface area contributed by atoms with E-state index in [1.165, 1.54) is 6.07 Å². The van der Waals surface area contributed by atoms with Crippen molar-refractivity contribution in [3.05, 3.63) is 29.3 Å². The van der Waals surface area contributed by atoms with Crippen LogP contribution in [0.15, 0.2) is 18.2 Å². The number of carbonyl (C=O) groups is 2. The number of hydrogen-bond donors (Lipinski definition) is 2. The van der Waals surface area contributed by atoms with Crippen LogP contribution in [0.2, 0.25) is 0 Å². The molecule has 0 aromatic heterocycles. The Bertz CT molecular complexity index is 945. The number of halogens is 6. The lowest BCUT2D eigenvalue weighted by Gasteiger charge is -2.27. The molecule has 32 heavy (non-hydrogen) atoms. The van der Waals surface area contributed by atoms with Crippen molar-refractivity contribution in [2.24, 2.45) is 0 Å². The summed E-state index contributed by atoms with van der Waals surface area (Å²) in [6.07, 6.45) is -15.4. The zero-order valence-corrected chi connectivity index (χ0v) is 16.1. The fraction of sp³-hybridized carbons (Fsp3) is 0.500. The predicted molar refractivity (Wildman–Crippen MR) is 94.4 cm³/mol. The van der Waals surface area contributed by atoms with Crippen LogP contribution in [0.25, 0.3) is 0 Å². The highest BCUT2D eigenvalue weighted by atomic mass is 19.4. The predicted octanol–water partition coefficient (Wildman–Crippen LogP) is 2.54. The molecule has 2 N–H and O–H groups in total. The molecule has 0 radical (unpaired) electrons. The quantitative estimate of drug-likeness (QED) is 0.664. The van der Waals surface area contributed by atoms with E-state index in [4.69, 9.17) is 15.1 Å². The Balaban J connectivity index is 1.85. The van der Waals surface area contributed by atoms with Crippen LogP contribution < -0.4 is 10.2 Å². The zero-order valence-electron chi connectivity index (χ0n) is 16.1. The van der Waals surface area contributed by atoms with Crippen LogP contribution in [-0.4, -0.2) is 66.2 Å². The molecule has 1 unspecified atom stereocenters. The normalized spacial score (nSPS) is 23.8. The lowest BCUT2D eigenvalue weighted by Crippen LogP contribution is -2.42. The topological polar surface area (TPSA) is 106 Å². The first-order valence-corrected chi connectivity index (χ1v) is 9.19. The first kappa shape index (κ1) is 23.5. The number of nitrogens with zero attached hydrogens (tertiary/aromatic N) is 3. The molecule has 2 heterocycles. The maximum Gasteiger partial charge on any atom is 0.433 e. The number of nitriles is 1. The molecule has 2 saturated heterocycles.